The number of primary amides is 1. The van der Waals surface area contributed by atoms with Gasteiger partial charge >= 0.3 is 0 Å². The van der Waals surface area contributed by atoms with Crippen LogP contribution in [0, 0.1) is 5.92 Å². The second-order valence-corrected chi connectivity index (χ2v) is 8.30. The summed E-state index contributed by atoms with van der Waals surface area (Å²) in [5, 5.41) is 3.53. The van der Waals surface area contributed by atoms with Gasteiger partial charge in [-0.25, -0.2) is 4.98 Å². The highest BCUT2D eigenvalue weighted by atomic mass is 32.2. The Labute approximate surface area is 157 Å². The molecule has 1 atom stereocenters. The van der Waals surface area contributed by atoms with E-state index in [1.54, 1.807) is 0 Å². The quantitative estimate of drug-likeness (QED) is 0.446. The van der Waals surface area contributed by atoms with Crippen molar-refractivity contribution in [2.75, 3.05) is 16.8 Å². The summed E-state index contributed by atoms with van der Waals surface area (Å²) in [6.45, 7) is 2.17. The Morgan fingerprint density at radius 1 is 1.50 bits per heavy atom. The van der Waals surface area contributed by atoms with Crippen molar-refractivity contribution in [3.8, 4) is 0 Å². The number of aromatic nitrogens is 2. The summed E-state index contributed by atoms with van der Waals surface area (Å²) >= 11 is 2.47. The van der Waals surface area contributed by atoms with Crippen LogP contribution in [0.3, 0.4) is 0 Å². The van der Waals surface area contributed by atoms with Crippen LogP contribution in [-0.4, -0.2) is 27.5 Å². The normalized spacial score (nSPS) is 16.1. The number of carbonyl (C=O) groups excluding carboxylic acids is 2. The number of nitrogens with two attached hydrogens (primary N) is 2. The molecule has 138 valence electrons. The largest absolute Gasteiger partial charge is 0.383 e. The molecule has 3 rings (SSSR count). The average Bonchev–Trinajstić information content (AvgIpc) is 2.89. The minimum Gasteiger partial charge on any atom is -0.383 e. The minimum absolute atomic E-state index is 0.0174. The zero-order chi connectivity index (χ0) is 18.8. The van der Waals surface area contributed by atoms with Gasteiger partial charge in [0.2, 0.25) is 5.91 Å². The molecule has 1 aliphatic carbocycles. The number of carbonyl (C=O) groups is 2. The van der Waals surface area contributed by atoms with Gasteiger partial charge in [0, 0.05) is 10.9 Å². The number of rotatable bonds is 5. The molecule has 2 aromatic rings. The number of anilines is 2. The average molecular weight is 393 g/mol. The van der Waals surface area contributed by atoms with E-state index in [0.717, 1.165) is 41.5 Å². The van der Waals surface area contributed by atoms with Crippen LogP contribution in [0.25, 0.3) is 0 Å². The first-order chi connectivity index (χ1) is 12.3. The Hall–Kier alpha value is -2.33. The first-order valence-electron chi connectivity index (χ1n) is 8.07. The Kier molecular flexibility index (Phi) is 5.33. The van der Waals surface area contributed by atoms with Crippen LogP contribution in [0.15, 0.2) is 16.0 Å². The summed E-state index contributed by atoms with van der Waals surface area (Å²) in [5.41, 5.74) is 12.1. The van der Waals surface area contributed by atoms with Crippen LogP contribution in [0.2, 0.25) is 0 Å². The molecular formula is C16H19N5O3S2. The van der Waals surface area contributed by atoms with Crippen molar-refractivity contribution < 1.29 is 9.59 Å². The Morgan fingerprint density at radius 3 is 2.96 bits per heavy atom. The highest BCUT2D eigenvalue weighted by molar-refractivity contribution is 7.99. The number of fused-ring (bicyclic) bond motifs is 1. The Balaban J connectivity index is 1.73. The van der Waals surface area contributed by atoms with Crippen molar-refractivity contribution >= 4 is 45.7 Å². The van der Waals surface area contributed by atoms with Crippen molar-refractivity contribution in [1.82, 2.24) is 9.97 Å². The van der Waals surface area contributed by atoms with Crippen molar-refractivity contribution in [3.05, 3.63) is 32.4 Å². The molecule has 0 unspecified atom stereocenters. The Bertz CT molecular complexity index is 921. The number of nitrogens with one attached hydrogen (secondary N) is 2. The third-order valence-corrected chi connectivity index (χ3v) is 6.13. The number of nitrogen functional groups attached to an aromatic ring is 1. The van der Waals surface area contributed by atoms with E-state index in [4.69, 9.17) is 11.5 Å². The number of aromatic amines is 1. The molecule has 26 heavy (non-hydrogen) atoms. The van der Waals surface area contributed by atoms with Crippen LogP contribution in [0.1, 0.15) is 34.1 Å². The summed E-state index contributed by atoms with van der Waals surface area (Å²) < 4.78 is 0. The molecule has 2 heterocycles. The van der Waals surface area contributed by atoms with Crippen LogP contribution >= 0.6 is 23.1 Å². The van der Waals surface area contributed by atoms with Crippen molar-refractivity contribution in [3.63, 3.8) is 0 Å². The van der Waals surface area contributed by atoms with Crippen LogP contribution in [0.5, 0.6) is 0 Å². The predicted molar refractivity (Wildman–Crippen MR) is 103 cm³/mol. The lowest BCUT2D eigenvalue weighted by Crippen LogP contribution is -2.20. The second kappa shape index (κ2) is 7.50. The smallest absolute Gasteiger partial charge is 0.253 e. The summed E-state index contributed by atoms with van der Waals surface area (Å²) in [6, 6.07) is 1.17. The van der Waals surface area contributed by atoms with E-state index in [1.165, 1.54) is 17.4 Å². The van der Waals surface area contributed by atoms with E-state index >= 15 is 0 Å². The fourth-order valence-electron chi connectivity index (χ4n) is 2.92. The Morgan fingerprint density at radius 2 is 2.27 bits per heavy atom. The number of thiophene rings is 1. The predicted octanol–water partition coefficient (Wildman–Crippen LogP) is 1.37. The fraction of sp³-hybridized carbons (Fsp3) is 0.375. The van der Waals surface area contributed by atoms with Gasteiger partial charge in [-0.2, -0.15) is 0 Å². The van der Waals surface area contributed by atoms with E-state index in [0.29, 0.717) is 16.5 Å². The van der Waals surface area contributed by atoms with Gasteiger partial charge in [0.05, 0.1) is 11.3 Å². The third kappa shape index (κ3) is 4.07. The first kappa shape index (κ1) is 18.5. The number of H-pyrrole nitrogens is 1. The molecule has 8 nitrogen and oxygen atoms in total. The molecule has 10 heteroatoms. The third-order valence-electron chi connectivity index (χ3n) is 4.09. The van der Waals surface area contributed by atoms with Crippen molar-refractivity contribution in [2.45, 2.75) is 31.3 Å². The molecule has 0 aromatic carbocycles. The fourth-order valence-corrected chi connectivity index (χ4v) is 5.03. The van der Waals surface area contributed by atoms with Crippen molar-refractivity contribution in [1.29, 1.82) is 0 Å². The SMILES string of the molecule is C[C@@H]1CCc2c(sc(NC(=O)CSc3nc(N)cc(=O)[nH]3)c2C(N)=O)C1. The number of thioether (sulfide) groups is 1. The number of hydrogen-bond donors (Lipinski definition) is 4. The summed E-state index contributed by atoms with van der Waals surface area (Å²) in [7, 11) is 0. The molecule has 6 N–H and O–H groups in total. The monoisotopic (exact) mass is 393 g/mol. The van der Waals surface area contributed by atoms with Crippen LogP contribution < -0.4 is 22.3 Å². The molecule has 0 saturated carbocycles. The first-order valence-corrected chi connectivity index (χ1v) is 9.87. The number of nitrogens with zero attached hydrogens (tertiary/aromatic N) is 1. The summed E-state index contributed by atoms with van der Waals surface area (Å²) in [5.74, 6) is -0.181. The van der Waals surface area contributed by atoms with Gasteiger partial charge in [-0.05, 0) is 30.7 Å². The van der Waals surface area contributed by atoms with Gasteiger partial charge in [-0.3, -0.25) is 14.4 Å². The molecule has 0 bridgehead atoms. The highest BCUT2D eigenvalue weighted by Crippen LogP contribution is 2.39. The maximum Gasteiger partial charge on any atom is 0.253 e. The van der Waals surface area contributed by atoms with Crippen LogP contribution in [0.4, 0.5) is 10.8 Å². The maximum absolute atomic E-state index is 12.3. The second-order valence-electron chi connectivity index (χ2n) is 6.23. The van der Waals surface area contributed by atoms with E-state index in [1.807, 2.05) is 0 Å². The minimum atomic E-state index is -0.526. The zero-order valence-electron chi connectivity index (χ0n) is 14.1. The lowest BCUT2D eigenvalue weighted by molar-refractivity contribution is -0.113. The van der Waals surface area contributed by atoms with Gasteiger partial charge in [0.1, 0.15) is 10.8 Å². The maximum atomic E-state index is 12.3. The standard InChI is InChI=1S/C16H19N5O3S2/c1-7-2-3-8-9(4-7)26-15(13(8)14(18)24)20-12(23)6-25-16-19-10(17)5-11(22)21-16/h5,7H,2-4,6H2,1H3,(H2,18,24)(H,20,23)(H3,17,19,21,22)/t7-/m1/s1. The van der Waals surface area contributed by atoms with Gasteiger partial charge in [0.25, 0.3) is 11.5 Å². The van der Waals surface area contributed by atoms with E-state index < -0.39 is 5.91 Å². The molecule has 0 saturated heterocycles. The summed E-state index contributed by atoms with van der Waals surface area (Å²) in [4.78, 5) is 43.1. The molecule has 0 aliphatic heterocycles. The van der Waals surface area contributed by atoms with E-state index in [-0.39, 0.29) is 28.2 Å². The number of hydrogen-bond acceptors (Lipinski definition) is 7. The highest BCUT2D eigenvalue weighted by Gasteiger charge is 2.27. The molecule has 0 spiro atoms. The molecule has 2 aromatic heterocycles. The van der Waals surface area contributed by atoms with Gasteiger partial charge in [0.15, 0.2) is 5.16 Å². The van der Waals surface area contributed by atoms with Gasteiger partial charge < -0.3 is 21.8 Å². The van der Waals surface area contributed by atoms with Crippen molar-refractivity contribution in [2.24, 2.45) is 11.7 Å². The molecule has 2 amide bonds. The van der Waals surface area contributed by atoms with Gasteiger partial charge in [-0.1, -0.05) is 18.7 Å². The molecule has 0 fully saturated rings. The lowest BCUT2D eigenvalue weighted by atomic mass is 9.88. The van der Waals surface area contributed by atoms with Crippen LogP contribution in [-0.2, 0) is 17.6 Å². The summed E-state index contributed by atoms with van der Waals surface area (Å²) in [6.07, 6.45) is 2.69. The van der Waals surface area contributed by atoms with E-state index in [9.17, 15) is 14.4 Å². The topological polar surface area (TPSA) is 144 Å². The lowest BCUT2D eigenvalue weighted by Gasteiger charge is -2.18. The van der Waals surface area contributed by atoms with Gasteiger partial charge in [-0.15, -0.1) is 11.3 Å². The molecular weight excluding hydrogens is 374 g/mol. The molecule has 1 aliphatic rings. The zero-order valence-corrected chi connectivity index (χ0v) is 15.8. The number of amides is 2. The van der Waals surface area contributed by atoms with E-state index in [2.05, 4.69) is 22.2 Å². The molecule has 0 radical (unpaired) electrons.